The predicted molar refractivity (Wildman–Crippen MR) is 76.5 cm³/mol. The van der Waals surface area contributed by atoms with E-state index in [1.165, 1.54) is 51.4 Å². The van der Waals surface area contributed by atoms with E-state index in [-0.39, 0.29) is 0 Å². The second-order valence-electron chi connectivity index (χ2n) is 5.00. The fraction of sp³-hybridized carbons (Fsp3) is 0.929. The molecule has 1 aliphatic heterocycles. The van der Waals surface area contributed by atoms with Gasteiger partial charge in [-0.2, -0.15) is 0 Å². The van der Waals surface area contributed by atoms with E-state index in [2.05, 4.69) is 20.8 Å². The van der Waals surface area contributed by atoms with E-state index in [9.17, 15) is 4.79 Å². The Hall–Kier alpha value is -0.0500. The molecule has 2 nitrogen and oxygen atoms in total. The van der Waals surface area contributed by atoms with Crippen LogP contribution in [0.5, 0.6) is 0 Å². The lowest BCUT2D eigenvalue weighted by atomic mass is 10.1. The lowest BCUT2D eigenvalue weighted by molar-refractivity contribution is -0.133. The maximum Gasteiger partial charge on any atom is 0.222 e. The summed E-state index contributed by atoms with van der Waals surface area (Å²) in [6.07, 6.45) is 12.3. The van der Waals surface area contributed by atoms with Crippen LogP contribution in [-0.2, 0) is 4.79 Å². The minimum absolute atomic E-state index is 0.383. The Morgan fingerprint density at radius 3 is 2.24 bits per heavy atom. The molecule has 100 valence electrons. The molecule has 0 bridgehead atoms. The number of nitrogens with zero attached hydrogens (tertiary/aromatic N) is 1. The Morgan fingerprint density at radius 2 is 1.59 bits per heavy atom. The summed E-state index contributed by atoms with van der Waals surface area (Å²) in [5.41, 5.74) is 0. The summed E-state index contributed by atoms with van der Waals surface area (Å²) in [6.45, 7) is 2.00. The highest BCUT2D eigenvalue weighted by atomic mass is 79.9. The topological polar surface area (TPSA) is 20.3 Å². The van der Waals surface area contributed by atoms with Crippen molar-refractivity contribution in [2.75, 3.05) is 18.4 Å². The molecule has 0 unspecified atom stereocenters. The van der Waals surface area contributed by atoms with Crippen LogP contribution in [0.2, 0.25) is 0 Å². The van der Waals surface area contributed by atoms with E-state index in [0.29, 0.717) is 5.91 Å². The van der Waals surface area contributed by atoms with Gasteiger partial charge in [0.05, 0.1) is 0 Å². The number of halogens is 1. The first-order valence-electron chi connectivity index (χ1n) is 7.18. The van der Waals surface area contributed by atoms with Crippen LogP contribution in [0.3, 0.4) is 0 Å². The molecule has 1 heterocycles. The Kier molecular flexibility index (Phi) is 8.76. The molecular weight excluding hydrogens is 278 g/mol. The van der Waals surface area contributed by atoms with Crippen LogP contribution in [0, 0.1) is 0 Å². The van der Waals surface area contributed by atoms with Gasteiger partial charge in [-0.3, -0.25) is 4.79 Å². The number of hydrogen-bond acceptors (Lipinski definition) is 1. The van der Waals surface area contributed by atoms with Crippen LogP contribution in [0.1, 0.15) is 64.2 Å². The van der Waals surface area contributed by atoms with Gasteiger partial charge in [0, 0.05) is 24.8 Å². The quantitative estimate of drug-likeness (QED) is 0.463. The normalized spacial score (nSPS) is 16.5. The molecular formula is C14H26BrNO. The standard InChI is InChI=1S/C14H26BrNO/c15-11-7-4-2-1-3-5-8-12-16-13-9-6-10-14(16)17/h1-13H2. The van der Waals surface area contributed by atoms with Crippen molar-refractivity contribution in [3.63, 3.8) is 0 Å². The van der Waals surface area contributed by atoms with E-state index in [0.717, 1.165) is 31.3 Å². The minimum Gasteiger partial charge on any atom is -0.343 e. The first-order valence-corrected chi connectivity index (χ1v) is 8.30. The lowest BCUT2D eigenvalue weighted by Crippen LogP contribution is -2.35. The zero-order valence-electron chi connectivity index (χ0n) is 10.9. The van der Waals surface area contributed by atoms with Crippen LogP contribution in [0.4, 0.5) is 0 Å². The number of hydrogen-bond donors (Lipinski definition) is 0. The van der Waals surface area contributed by atoms with Gasteiger partial charge < -0.3 is 4.90 Å². The largest absolute Gasteiger partial charge is 0.343 e. The molecule has 1 aliphatic rings. The number of unbranched alkanes of at least 4 members (excludes halogenated alkanes) is 6. The van der Waals surface area contributed by atoms with Crippen molar-refractivity contribution in [2.24, 2.45) is 0 Å². The average Bonchev–Trinajstić information content (AvgIpc) is 2.35. The molecule has 0 radical (unpaired) electrons. The Bertz CT molecular complexity index is 208. The molecule has 0 aromatic rings. The summed E-state index contributed by atoms with van der Waals surface area (Å²) >= 11 is 3.46. The van der Waals surface area contributed by atoms with Gasteiger partial charge in [0.15, 0.2) is 0 Å². The average molecular weight is 304 g/mol. The van der Waals surface area contributed by atoms with Crippen molar-refractivity contribution in [1.82, 2.24) is 4.90 Å². The molecule has 1 rings (SSSR count). The number of amides is 1. The second-order valence-corrected chi connectivity index (χ2v) is 5.79. The predicted octanol–water partition coefficient (Wildman–Crippen LogP) is 4.12. The summed E-state index contributed by atoms with van der Waals surface area (Å²) in [4.78, 5) is 13.6. The van der Waals surface area contributed by atoms with Crippen molar-refractivity contribution in [3.8, 4) is 0 Å². The van der Waals surface area contributed by atoms with Gasteiger partial charge in [-0.05, 0) is 25.7 Å². The molecule has 1 fully saturated rings. The smallest absolute Gasteiger partial charge is 0.222 e. The number of alkyl halides is 1. The number of likely N-dealkylation sites (tertiary alicyclic amines) is 1. The molecule has 0 aromatic carbocycles. The molecule has 1 amide bonds. The van der Waals surface area contributed by atoms with Gasteiger partial charge in [0.25, 0.3) is 0 Å². The van der Waals surface area contributed by atoms with Gasteiger partial charge >= 0.3 is 0 Å². The van der Waals surface area contributed by atoms with Crippen LogP contribution < -0.4 is 0 Å². The van der Waals surface area contributed by atoms with Gasteiger partial charge in [-0.15, -0.1) is 0 Å². The SMILES string of the molecule is O=C1CCCCN1CCCCCCCCCBr. The number of rotatable bonds is 9. The highest BCUT2D eigenvalue weighted by Gasteiger charge is 2.16. The van der Waals surface area contributed by atoms with E-state index in [4.69, 9.17) is 0 Å². The van der Waals surface area contributed by atoms with Gasteiger partial charge in [-0.1, -0.05) is 48.0 Å². The monoisotopic (exact) mass is 303 g/mol. The summed E-state index contributed by atoms with van der Waals surface area (Å²) < 4.78 is 0. The third-order valence-electron chi connectivity index (χ3n) is 3.48. The second kappa shape index (κ2) is 9.93. The molecule has 0 aromatic heterocycles. The van der Waals surface area contributed by atoms with Crippen LogP contribution >= 0.6 is 15.9 Å². The highest BCUT2D eigenvalue weighted by molar-refractivity contribution is 9.09. The summed E-state index contributed by atoms with van der Waals surface area (Å²) in [5.74, 6) is 0.383. The van der Waals surface area contributed by atoms with Gasteiger partial charge in [0.1, 0.15) is 0 Å². The summed E-state index contributed by atoms with van der Waals surface area (Å²) in [6, 6.07) is 0. The van der Waals surface area contributed by atoms with Gasteiger partial charge in [0.2, 0.25) is 5.91 Å². The number of carbonyl (C=O) groups is 1. The molecule has 17 heavy (non-hydrogen) atoms. The molecule has 0 N–H and O–H groups in total. The third-order valence-corrected chi connectivity index (χ3v) is 4.04. The van der Waals surface area contributed by atoms with Gasteiger partial charge in [-0.25, -0.2) is 0 Å². The maximum absolute atomic E-state index is 11.6. The first kappa shape index (κ1) is 15.0. The van der Waals surface area contributed by atoms with E-state index < -0.39 is 0 Å². The van der Waals surface area contributed by atoms with Crippen molar-refractivity contribution in [1.29, 1.82) is 0 Å². The Labute approximate surface area is 114 Å². The zero-order valence-corrected chi connectivity index (χ0v) is 12.5. The number of carbonyl (C=O) groups excluding carboxylic acids is 1. The summed E-state index contributed by atoms with van der Waals surface area (Å²) in [5, 5.41) is 1.14. The summed E-state index contributed by atoms with van der Waals surface area (Å²) in [7, 11) is 0. The fourth-order valence-corrected chi connectivity index (χ4v) is 2.78. The molecule has 0 aliphatic carbocycles. The Morgan fingerprint density at radius 1 is 0.941 bits per heavy atom. The number of piperidine rings is 1. The molecule has 1 saturated heterocycles. The third kappa shape index (κ3) is 7.07. The van der Waals surface area contributed by atoms with E-state index in [1.807, 2.05) is 0 Å². The molecule has 3 heteroatoms. The fourth-order valence-electron chi connectivity index (χ4n) is 2.38. The highest BCUT2D eigenvalue weighted by Crippen LogP contribution is 2.13. The molecule has 0 saturated carbocycles. The van der Waals surface area contributed by atoms with Crippen molar-refractivity contribution in [3.05, 3.63) is 0 Å². The van der Waals surface area contributed by atoms with E-state index >= 15 is 0 Å². The van der Waals surface area contributed by atoms with E-state index in [1.54, 1.807) is 0 Å². The van der Waals surface area contributed by atoms with Crippen molar-refractivity contribution >= 4 is 21.8 Å². The maximum atomic E-state index is 11.6. The Balaban J connectivity index is 1.88. The van der Waals surface area contributed by atoms with Crippen molar-refractivity contribution < 1.29 is 4.79 Å². The lowest BCUT2D eigenvalue weighted by Gasteiger charge is -2.26. The molecule has 0 atom stereocenters. The van der Waals surface area contributed by atoms with Crippen molar-refractivity contribution in [2.45, 2.75) is 64.2 Å². The van der Waals surface area contributed by atoms with Crippen LogP contribution in [0.15, 0.2) is 0 Å². The zero-order chi connectivity index (χ0) is 12.3. The minimum atomic E-state index is 0.383. The molecule has 0 spiro atoms. The van der Waals surface area contributed by atoms with Crippen LogP contribution in [0.25, 0.3) is 0 Å². The first-order chi connectivity index (χ1) is 8.34. The van der Waals surface area contributed by atoms with Crippen LogP contribution in [-0.4, -0.2) is 29.2 Å².